The van der Waals surface area contributed by atoms with Gasteiger partial charge in [-0.15, -0.1) is 0 Å². The molecule has 0 radical (unpaired) electrons. The lowest BCUT2D eigenvalue weighted by atomic mass is 10.2. The molecule has 0 saturated carbocycles. The fraction of sp³-hybridized carbons (Fsp3) is 0.600. The number of methoxy groups -OCH3 is 1. The number of hydrogen-bond donors (Lipinski definition) is 1. The molecule has 0 spiro atoms. The monoisotopic (exact) mass is 314 g/mol. The summed E-state index contributed by atoms with van der Waals surface area (Å²) in [5.41, 5.74) is 0.991. The summed E-state index contributed by atoms with van der Waals surface area (Å²) in [7, 11) is -0.162. The Morgan fingerprint density at radius 3 is 2.52 bits per heavy atom. The number of sulfonamides is 1. The van der Waals surface area contributed by atoms with Crippen LogP contribution in [-0.2, 0) is 16.6 Å². The average Bonchev–Trinajstić information content (AvgIpc) is 2.47. The van der Waals surface area contributed by atoms with Crippen molar-refractivity contribution in [1.29, 1.82) is 0 Å². The smallest absolute Gasteiger partial charge is 0.246 e. The fourth-order valence-electron chi connectivity index (χ4n) is 2.16. The third-order valence-electron chi connectivity index (χ3n) is 3.34. The quantitative estimate of drug-likeness (QED) is 0.759. The zero-order valence-electron chi connectivity index (χ0n) is 13.3. The summed E-state index contributed by atoms with van der Waals surface area (Å²) in [4.78, 5) is 0.239. The van der Waals surface area contributed by atoms with E-state index in [0.717, 1.165) is 18.4 Å². The number of benzene rings is 1. The minimum absolute atomic E-state index is 0.239. The highest BCUT2D eigenvalue weighted by atomic mass is 32.2. The molecule has 0 bridgehead atoms. The van der Waals surface area contributed by atoms with E-state index >= 15 is 0 Å². The molecule has 120 valence electrons. The van der Waals surface area contributed by atoms with E-state index in [0.29, 0.717) is 25.4 Å². The Bertz CT molecular complexity index is 544. The van der Waals surface area contributed by atoms with E-state index < -0.39 is 10.0 Å². The average molecular weight is 314 g/mol. The summed E-state index contributed by atoms with van der Waals surface area (Å²) >= 11 is 0. The normalized spacial score (nSPS) is 11.9. The maximum atomic E-state index is 12.7. The van der Waals surface area contributed by atoms with Crippen molar-refractivity contribution in [3.63, 3.8) is 0 Å². The standard InChI is InChI=1S/C15H26N2O3S/c1-5-7-10-17(6-2)21(18,19)15-9-8-13(12-16-3)11-14(15)20-4/h8-9,11,16H,5-7,10,12H2,1-4H3. The molecule has 0 aliphatic heterocycles. The Labute approximate surface area is 128 Å². The van der Waals surface area contributed by atoms with Gasteiger partial charge < -0.3 is 10.1 Å². The number of nitrogens with zero attached hydrogens (tertiary/aromatic N) is 1. The second-order valence-corrected chi connectivity index (χ2v) is 6.77. The first kappa shape index (κ1) is 17.9. The van der Waals surface area contributed by atoms with Gasteiger partial charge in [-0.3, -0.25) is 0 Å². The fourth-order valence-corrected chi connectivity index (χ4v) is 3.79. The van der Waals surface area contributed by atoms with Gasteiger partial charge in [0.15, 0.2) is 0 Å². The van der Waals surface area contributed by atoms with Gasteiger partial charge in [0, 0.05) is 19.6 Å². The molecule has 1 rings (SSSR count). The number of nitrogens with one attached hydrogen (secondary N) is 1. The van der Waals surface area contributed by atoms with Crippen LogP contribution >= 0.6 is 0 Å². The van der Waals surface area contributed by atoms with Gasteiger partial charge in [0.2, 0.25) is 10.0 Å². The molecule has 5 nitrogen and oxygen atoms in total. The van der Waals surface area contributed by atoms with Crippen molar-refractivity contribution in [2.75, 3.05) is 27.2 Å². The number of unbranched alkanes of at least 4 members (excludes halogenated alkanes) is 1. The van der Waals surface area contributed by atoms with Crippen LogP contribution in [0.1, 0.15) is 32.3 Å². The van der Waals surface area contributed by atoms with E-state index in [2.05, 4.69) is 5.32 Å². The molecule has 0 aromatic heterocycles. The van der Waals surface area contributed by atoms with E-state index in [1.807, 2.05) is 27.0 Å². The van der Waals surface area contributed by atoms with Crippen LogP contribution in [0.4, 0.5) is 0 Å². The number of rotatable bonds is 9. The second-order valence-electron chi connectivity index (χ2n) is 4.87. The van der Waals surface area contributed by atoms with Crippen molar-refractivity contribution in [3.8, 4) is 5.75 Å². The van der Waals surface area contributed by atoms with Crippen molar-refractivity contribution in [3.05, 3.63) is 23.8 Å². The highest BCUT2D eigenvalue weighted by Crippen LogP contribution is 2.28. The zero-order chi connectivity index (χ0) is 15.9. The summed E-state index contributed by atoms with van der Waals surface area (Å²) in [6.07, 6.45) is 1.82. The van der Waals surface area contributed by atoms with Crippen LogP contribution in [0.25, 0.3) is 0 Å². The molecule has 0 saturated heterocycles. The Balaban J connectivity index is 3.17. The van der Waals surface area contributed by atoms with Gasteiger partial charge >= 0.3 is 0 Å². The van der Waals surface area contributed by atoms with E-state index in [9.17, 15) is 8.42 Å². The molecule has 0 heterocycles. The van der Waals surface area contributed by atoms with Crippen molar-refractivity contribution >= 4 is 10.0 Å². The first-order valence-corrected chi connectivity index (χ1v) is 8.76. The van der Waals surface area contributed by atoms with Gasteiger partial charge in [0.1, 0.15) is 10.6 Å². The summed E-state index contributed by atoms with van der Waals surface area (Å²) in [5, 5.41) is 3.04. The van der Waals surface area contributed by atoms with Gasteiger partial charge in [-0.2, -0.15) is 4.31 Å². The minimum atomic E-state index is -3.51. The molecule has 0 fully saturated rings. The molecule has 1 aromatic carbocycles. The van der Waals surface area contributed by atoms with Gasteiger partial charge in [0.25, 0.3) is 0 Å². The van der Waals surface area contributed by atoms with Crippen molar-refractivity contribution in [1.82, 2.24) is 9.62 Å². The summed E-state index contributed by atoms with van der Waals surface area (Å²) in [5.74, 6) is 0.401. The summed E-state index contributed by atoms with van der Waals surface area (Å²) in [6, 6.07) is 5.23. The third-order valence-corrected chi connectivity index (χ3v) is 5.35. The largest absolute Gasteiger partial charge is 0.495 e. The van der Waals surface area contributed by atoms with Crippen LogP contribution in [0.3, 0.4) is 0 Å². The minimum Gasteiger partial charge on any atom is -0.495 e. The molecule has 0 amide bonds. The molecular weight excluding hydrogens is 288 g/mol. The molecule has 21 heavy (non-hydrogen) atoms. The van der Waals surface area contributed by atoms with Gasteiger partial charge in [-0.05, 0) is 31.2 Å². The highest BCUT2D eigenvalue weighted by molar-refractivity contribution is 7.89. The molecule has 1 N–H and O–H groups in total. The van der Waals surface area contributed by atoms with Crippen LogP contribution in [0.2, 0.25) is 0 Å². The summed E-state index contributed by atoms with van der Waals surface area (Å²) in [6.45, 7) is 5.58. The maximum Gasteiger partial charge on any atom is 0.246 e. The van der Waals surface area contributed by atoms with Crippen LogP contribution in [-0.4, -0.2) is 40.0 Å². The Morgan fingerprint density at radius 1 is 1.29 bits per heavy atom. The summed E-state index contributed by atoms with van der Waals surface area (Å²) < 4.78 is 32.3. The molecule has 0 unspecified atom stereocenters. The van der Waals surface area contributed by atoms with E-state index in [1.165, 1.54) is 11.4 Å². The van der Waals surface area contributed by atoms with Gasteiger partial charge in [0.05, 0.1) is 7.11 Å². The van der Waals surface area contributed by atoms with Crippen molar-refractivity contribution in [2.24, 2.45) is 0 Å². The highest BCUT2D eigenvalue weighted by Gasteiger charge is 2.26. The molecule has 0 aliphatic rings. The Kier molecular flexibility index (Phi) is 7.14. The predicted octanol–water partition coefficient (Wildman–Crippen LogP) is 2.23. The van der Waals surface area contributed by atoms with Crippen LogP contribution in [0, 0.1) is 0 Å². The topological polar surface area (TPSA) is 58.6 Å². The molecule has 0 atom stereocenters. The molecular formula is C15H26N2O3S. The maximum absolute atomic E-state index is 12.7. The van der Waals surface area contributed by atoms with Crippen LogP contribution < -0.4 is 10.1 Å². The van der Waals surface area contributed by atoms with E-state index in [-0.39, 0.29) is 4.90 Å². The number of hydrogen-bond acceptors (Lipinski definition) is 4. The SMILES string of the molecule is CCCCN(CC)S(=O)(=O)c1ccc(CNC)cc1OC. The van der Waals surface area contributed by atoms with Crippen molar-refractivity contribution in [2.45, 2.75) is 38.1 Å². The van der Waals surface area contributed by atoms with E-state index in [1.54, 1.807) is 12.1 Å². The lowest BCUT2D eigenvalue weighted by molar-refractivity contribution is 0.390. The van der Waals surface area contributed by atoms with Crippen LogP contribution in [0.15, 0.2) is 23.1 Å². The van der Waals surface area contributed by atoms with Crippen LogP contribution in [0.5, 0.6) is 5.75 Å². The molecule has 6 heteroatoms. The lowest BCUT2D eigenvalue weighted by Gasteiger charge is -2.21. The lowest BCUT2D eigenvalue weighted by Crippen LogP contribution is -2.32. The van der Waals surface area contributed by atoms with Crippen molar-refractivity contribution < 1.29 is 13.2 Å². The Hall–Kier alpha value is -1.11. The molecule has 1 aromatic rings. The first-order chi connectivity index (χ1) is 10.0. The second kappa shape index (κ2) is 8.36. The molecule has 0 aliphatic carbocycles. The third kappa shape index (κ3) is 4.43. The number of ether oxygens (including phenoxy) is 1. The van der Waals surface area contributed by atoms with Gasteiger partial charge in [-0.1, -0.05) is 26.3 Å². The first-order valence-electron chi connectivity index (χ1n) is 7.32. The predicted molar refractivity (Wildman–Crippen MR) is 85.1 cm³/mol. The Morgan fingerprint density at radius 2 is 2.00 bits per heavy atom. The van der Waals surface area contributed by atoms with Gasteiger partial charge in [-0.25, -0.2) is 8.42 Å². The zero-order valence-corrected chi connectivity index (χ0v) is 14.2. The van der Waals surface area contributed by atoms with E-state index in [4.69, 9.17) is 4.74 Å².